The molecule has 2 heterocycles. The number of nitrogens with zero attached hydrogens (tertiary/aromatic N) is 2. The molecule has 2 rings (SSSR count). The van der Waals surface area contributed by atoms with Crippen molar-refractivity contribution in [3.8, 4) is 0 Å². The first-order valence-electron chi connectivity index (χ1n) is 5.95. The summed E-state index contributed by atoms with van der Waals surface area (Å²) in [6.07, 6.45) is 4.54. The van der Waals surface area contributed by atoms with Crippen molar-refractivity contribution >= 4 is 11.5 Å². The van der Waals surface area contributed by atoms with E-state index in [0.717, 1.165) is 17.8 Å². The summed E-state index contributed by atoms with van der Waals surface area (Å²) in [6, 6.07) is 3.55. The number of rotatable bonds is 2. The van der Waals surface area contributed by atoms with E-state index in [0.29, 0.717) is 5.56 Å². The van der Waals surface area contributed by atoms with E-state index >= 15 is 0 Å². The van der Waals surface area contributed by atoms with Gasteiger partial charge in [0.25, 0.3) is 0 Å². The first-order valence-corrected chi connectivity index (χ1v) is 5.95. The molecule has 0 spiro atoms. The number of imidazole rings is 1. The topological polar surface area (TPSA) is 43.6 Å². The van der Waals surface area contributed by atoms with Gasteiger partial charge in [0.1, 0.15) is 5.82 Å². The van der Waals surface area contributed by atoms with E-state index in [4.69, 9.17) is 4.74 Å². The second kappa shape index (κ2) is 4.44. The van der Waals surface area contributed by atoms with E-state index in [1.807, 2.05) is 10.6 Å². The molecule has 18 heavy (non-hydrogen) atoms. The Hall–Kier alpha value is -1.84. The fraction of sp³-hybridized carbons (Fsp3) is 0.429. The van der Waals surface area contributed by atoms with Gasteiger partial charge in [0, 0.05) is 12.6 Å². The average Bonchev–Trinajstić information content (AvgIpc) is 2.68. The van der Waals surface area contributed by atoms with Gasteiger partial charge in [-0.2, -0.15) is 0 Å². The van der Waals surface area contributed by atoms with Crippen LogP contribution in [0.5, 0.6) is 0 Å². The molecular formula is C14H18N2O2. The van der Waals surface area contributed by atoms with E-state index in [2.05, 4.69) is 25.8 Å². The maximum Gasteiger partial charge on any atom is 0.337 e. The molecule has 0 N–H and O–H groups in total. The third kappa shape index (κ3) is 2.53. The molecule has 0 aromatic carbocycles. The van der Waals surface area contributed by atoms with Crippen LogP contribution in [-0.2, 0) is 11.2 Å². The van der Waals surface area contributed by atoms with Crippen LogP contribution in [-0.4, -0.2) is 22.5 Å². The standard InChI is InChI=1S/C14H18N2O2/c1-14(2,3)8-12-15-9-11-7-10(13(17)18-4)5-6-16(11)12/h5-7,9H,8H2,1-4H3. The molecule has 2 aromatic rings. The van der Waals surface area contributed by atoms with Gasteiger partial charge in [-0.1, -0.05) is 20.8 Å². The summed E-state index contributed by atoms with van der Waals surface area (Å²) < 4.78 is 6.72. The van der Waals surface area contributed by atoms with Crippen molar-refractivity contribution in [1.82, 2.24) is 9.38 Å². The Morgan fingerprint density at radius 1 is 1.44 bits per heavy atom. The van der Waals surface area contributed by atoms with Crippen molar-refractivity contribution in [1.29, 1.82) is 0 Å². The molecule has 2 aromatic heterocycles. The molecule has 4 heteroatoms. The van der Waals surface area contributed by atoms with Crippen LogP contribution in [0, 0.1) is 5.41 Å². The molecule has 0 fully saturated rings. The second-order valence-electron chi connectivity index (χ2n) is 5.61. The van der Waals surface area contributed by atoms with Crippen LogP contribution in [0.15, 0.2) is 24.5 Å². The second-order valence-corrected chi connectivity index (χ2v) is 5.61. The molecule has 0 atom stereocenters. The van der Waals surface area contributed by atoms with Gasteiger partial charge in [-0.25, -0.2) is 9.78 Å². The van der Waals surface area contributed by atoms with Crippen LogP contribution in [0.25, 0.3) is 5.52 Å². The smallest absolute Gasteiger partial charge is 0.337 e. The molecule has 0 aliphatic heterocycles. The van der Waals surface area contributed by atoms with Crippen molar-refractivity contribution in [3.63, 3.8) is 0 Å². The van der Waals surface area contributed by atoms with Gasteiger partial charge < -0.3 is 9.14 Å². The lowest BCUT2D eigenvalue weighted by Crippen LogP contribution is -2.12. The summed E-state index contributed by atoms with van der Waals surface area (Å²) in [4.78, 5) is 15.9. The third-order valence-electron chi connectivity index (χ3n) is 2.72. The molecular weight excluding hydrogens is 228 g/mol. The van der Waals surface area contributed by atoms with E-state index in [9.17, 15) is 4.79 Å². The highest BCUT2D eigenvalue weighted by Crippen LogP contribution is 2.21. The number of carbonyl (C=O) groups is 1. The predicted octanol–water partition coefficient (Wildman–Crippen LogP) is 2.71. The summed E-state index contributed by atoms with van der Waals surface area (Å²) in [7, 11) is 1.38. The largest absolute Gasteiger partial charge is 0.465 e. The number of fused-ring (bicyclic) bond motifs is 1. The molecule has 0 amide bonds. The third-order valence-corrected chi connectivity index (χ3v) is 2.72. The molecule has 96 valence electrons. The SMILES string of the molecule is COC(=O)c1ccn2c(CC(C)(C)C)ncc2c1. The number of esters is 1. The number of methoxy groups -OCH3 is 1. The van der Waals surface area contributed by atoms with Crippen LogP contribution < -0.4 is 0 Å². The number of hydrogen-bond acceptors (Lipinski definition) is 3. The van der Waals surface area contributed by atoms with Gasteiger partial charge in [0.05, 0.1) is 24.4 Å². The van der Waals surface area contributed by atoms with E-state index in [-0.39, 0.29) is 11.4 Å². The highest BCUT2D eigenvalue weighted by molar-refractivity contribution is 5.90. The quantitative estimate of drug-likeness (QED) is 0.765. The lowest BCUT2D eigenvalue weighted by molar-refractivity contribution is 0.0600. The van der Waals surface area contributed by atoms with Crippen LogP contribution in [0.1, 0.15) is 37.0 Å². The fourth-order valence-corrected chi connectivity index (χ4v) is 1.91. The molecule has 0 radical (unpaired) electrons. The zero-order valence-electron chi connectivity index (χ0n) is 11.2. The number of aromatic nitrogens is 2. The normalized spacial score (nSPS) is 11.8. The molecule has 0 aliphatic carbocycles. The minimum absolute atomic E-state index is 0.183. The summed E-state index contributed by atoms with van der Waals surface area (Å²) >= 11 is 0. The zero-order valence-corrected chi connectivity index (χ0v) is 11.2. The number of hydrogen-bond donors (Lipinski definition) is 0. The summed E-state index contributed by atoms with van der Waals surface area (Å²) in [6.45, 7) is 6.53. The number of carbonyl (C=O) groups excluding carboxylic acids is 1. The number of pyridine rings is 1. The van der Waals surface area contributed by atoms with Crippen LogP contribution in [0.4, 0.5) is 0 Å². The van der Waals surface area contributed by atoms with Crippen molar-refractivity contribution in [2.24, 2.45) is 5.41 Å². The van der Waals surface area contributed by atoms with Crippen LogP contribution in [0.2, 0.25) is 0 Å². The van der Waals surface area contributed by atoms with Crippen molar-refractivity contribution in [3.05, 3.63) is 35.9 Å². The van der Waals surface area contributed by atoms with Gasteiger partial charge in [-0.15, -0.1) is 0 Å². The summed E-state index contributed by atoms with van der Waals surface area (Å²) in [5, 5.41) is 0. The van der Waals surface area contributed by atoms with Gasteiger partial charge in [0.15, 0.2) is 0 Å². The first-order chi connectivity index (χ1) is 8.40. The summed E-state index contributed by atoms with van der Waals surface area (Å²) in [5.41, 5.74) is 1.65. The maximum atomic E-state index is 11.4. The Kier molecular flexibility index (Phi) is 3.11. The van der Waals surface area contributed by atoms with Crippen LogP contribution >= 0.6 is 0 Å². The molecule has 0 bridgehead atoms. The molecule has 0 aliphatic rings. The lowest BCUT2D eigenvalue weighted by atomic mass is 9.92. The molecule has 0 unspecified atom stereocenters. The monoisotopic (exact) mass is 246 g/mol. The van der Waals surface area contributed by atoms with Gasteiger partial charge in [-0.05, 0) is 17.5 Å². The van der Waals surface area contributed by atoms with Gasteiger partial charge in [-0.3, -0.25) is 0 Å². The van der Waals surface area contributed by atoms with Crippen molar-refractivity contribution < 1.29 is 9.53 Å². The molecule has 0 saturated carbocycles. The zero-order chi connectivity index (χ0) is 13.3. The highest BCUT2D eigenvalue weighted by Gasteiger charge is 2.16. The fourth-order valence-electron chi connectivity index (χ4n) is 1.91. The van der Waals surface area contributed by atoms with Gasteiger partial charge in [0.2, 0.25) is 0 Å². The molecule has 0 saturated heterocycles. The summed E-state index contributed by atoms with van der Waals surface area (Å²) in [5.74, 6) is 0.685. The molecule has 4 nitrogen and oxygen atoms in total. The van der Waals surface area contributed by atoms with E-state index in [1.54, 1.807) is 18.3 Å². The average molecular weight is 246 g/mol. The maximum absolute atomic E-state index is 11.4. The highest BCUT2D eigenvalue weighted by atomic mass is 16.5. The Bertz CT molecular complexity index is 579. The number of ether oxygens (including phenoxy) is 1. The van der Waals surface area contributed by atoms with Gasteiger partial charge >= 0.3 is 5.97 Å². The predicted molar refractivity (Wildman–Crippen MR) is 69.7 cm³/mol. The van der Waals surface area contributed by atoms with Crippen LogP contribution in [0.3, 0.4) is 0 Å². The Labute approximate surface area is 107 Å². The Balaban J connectivity index is 2.41. The minimum Gasteiger partial charge on any atom is -0.465 e. The minimum atomic E-state index is -0.323. The lowest BCUT2D eigenvalue weighted by Gasteiger charge is -2.16. The van der Waals surface area contributed by atoms with Crippen molar-refractivity contribution in [2.45, 2.75) is 27.2 Å². The van der Waals surface area contributed by atoms with E-state index in [1.165, 1.54) is 7.11 Å². The van der Waals surface area contributed by atoms with Crippen molar-refractivity contribution in [2.75, 3.05) is 7.11 Å². The Morgan fingerprint density at radius 2 is 2.17 bits per heavy atom. The van der Waals surface area contributed by atoms with E-state index < -0.39 is 0 Å². The first kappa shape index (κ1) is 12.6. The Morgan fingerprint density at radius 3 is 2.78 bits per heavy atom.